The first-order chi connectivity index (χ1) is 7.23. The van der Waals surface area contributed by atoms with Crippen LogP contribution in [0.1, 0.15) is 30.9 Å². The quantitative estimate of drug-likeness (QED) is 0.793. The smallest absolute Gasteiger partial charge is 0.0109 e. The summed E-state index contributed by atoms with van der Waals surface area (Å²) >= 11 is 0. The van der Waals surface area contributed by atoms with Gasteiger partial charge in [-0.3, -0.25) is 0 Å². The standard InChI is InChI=1S/C14H21N/c1-4-12-9-14(12,10-15-3)13-7-5-11(2)6-8-13/h5-8,12,15H,4,9-10H2,1-3H3. The lowest BCUT2D eigenvalue weighted by Crippen LogP contribution is -2.25. The second-order valence-electron chi connectivity index (χ2n) is 4.86. The SMILES string of the molecule is CCC1CC1(CNC)c1ccc(C)cc1. The maximum absolute atomic E-state index is 3.35. The molecule has 82 valence electrons. The lowest BCUT2D eigenvalue weighted by molar-refractivity contribution is 0.554. The number of hydrogen-bond acceptors (Lipinski definition) is 1. The fourth-order valence-corrected chi connectivity index (χ4v) is 2.79. The minimum absolute atomic E-state index is 0.442. The van der Waals surface area contributed by atoms with Crippen molar-refractivity contribution in [3.63, 3.8) is 0 Å². The van der Waals surface area contributed by atoms with Gasteiger partial charge >= 0.3 is 0 Å². The normalized spacial score (nSPS) is 29.1. The summed E-state index contributed by atoms with van der Waals surface area (Å²) in [6.45, 7) is 5.57. The molecular formula is C14H21N. The molecule has 1 fully saturated rings. The van der Waals surface area contributed by atoms with Crippen molar-refractivity contribution in [1.82, 2.24) is 5.32 Å². The molecule has 0 spiro atoms. The molecule has 2 rings (SSSR count). The Morgan fingerprint density at radius 1 is 1.33 bits per heavy atom. The van der Waals surface area contributed by atoms with Gasteiger partial charge in [0.25, 0.3) is 0 Å². The Hall–Kier alpha value is -0.820. The van der Waals surface area contributed by atoms with E-state index in [1.807, 2.05) is 0 Å². The van der Waals surface area contributed by atoms with Crippen molar-refractivity contribution in [3.05, 3.63) is 35.4 Å². The predicted molar refractivity (Wildman–Crippen MR) is 65.2 cm³/mol. The van der Waals surface area contributed by atoms with Crippen molar-refractivity contribution in [2.75, 3.05) is 13.6 Å². The zero-order valence-electron chi connectivity index (χ0n) is 10.0. The molecule has 0 aliphatic heterocycles. The third kappa shape index (κ3) is 1.81. The van der Waals surface area contributed by atoms with Crippen molar-refractivity contribution in [1.29, 1.82) is 0 Å². The van der Waals surface area contributed by atoms with Crippen molar-refractivity contribution in [2.45, 2.75) is 32.1 Å². The van der Waals surface area contributed by atoms with E-state index in [-0.39, 0.29) is 0 Å². The van der Waals surface area contributed by atoms with Gasteiger partial charge in [-0.25, -0.2) is 0 Å². The monoisotopic (exact) mass is 203 g/mol. The van der Waals surface area contributed by atoms with Crippen LogP contribution in [0.15, 0.2) is 24.3 Å². The Kier molecular flexibility index (Phi) is 2.83. The summed E-state index contributed by atoms with van der Waals surface area (Å²) in [7, 11) is 2.06. The van der Waals surface area contributed by atoms with Gasteiger partial charge in [-0.05, 0) is 31.9 Å². The number of nitrogens with one attached hydrogen (secondary N) is 1. The second kappa shape index (κ2) is 3.97. The molecular weight excluding hydrogens is 182 g/mol. The highest BCUT2D eigenvalue weighted by atomic mass is 14.9. The Morgan fingerprint density at radius 3 is 2.47 bits per heavy atom. The second-order valence-corrected chi connectivity index (χ2v) is 4.86. The van der Waals surface area contributed by atoms with Crippen LogP contribution in [0.5, 0.6) is 0 Å². The fourth-order valence-electron chi connectivity index (χ4n) is 2.79. The van der Waals surface area contributed by atoms with Crippen LogP contribution in [0.4, 0.5) is 0 Å². The lowest BCUT2D eigenvalue weighted by atomic mass is 9.91. The van der Waals surface area contributed by atoms with Gasteiger partial charge < -0.3 is 5.32 Å². The minimum atomic E-state index is 0.442. The first kappa shape index (κ1) is 10.7. The highest BCUT2D eigenvalue weighted by Crippen LogP contribution is 2.55. The lowest BCUT2D eigenvalue weighted by Gasteiger charge is -2.17. The molecule has 1 N–H and O–H groups in total. The molecule has 0 bridgehead atoms. The summed E-state index contributed by atoms with van der Waals surface area (Å²) in [5, 5.41) is 3.35. The summed E-state index contributed by atoms with van der Waals surface area (Å²) in [5.41, 5.74) is 3.32. The van der Waals surface area contributed by atoms with Gasteiger partial charge in [0.2, 0.25) is 0 Å². The van der Waals surface area contributed by atoms with Crippen molar-refractivity contribution in [2.24, 2.45) is 5.92 Å². The van der Waals surface area contributed by atoms with Gasteiger partial charge in [-0.1, -0.05) is 43.2 Å². The van der Waals surface area contributed by atoms with Crippen LogP contribution in [0.3, 0.4) is 0 Å². The summed E-state index contributed by atoms with van der Waals surface area (Å²) in [5.74, 6) is 0.882. The maximum atomic E-state index is 3.35. The Morgan fingerprint density at radius 2 is 2.00 bits per heavy atom. The Labute approximate surface area is 92.9 Å². The highest BCUT2D eigenvalue weighted by molar-refractivity contribution is 5.36. The zero-order chi connectivity index (χ0) is 10.9. The molecule has 1 saturated carbocycles. The Balaban J connectivity index is 2.23. The molecule has 1 aliphatic rings. The molecule has 0 aromatic heterocycles. The molecule has 0 radical (unpaired) electrons. The maximum Gasteiger partial charge on any atom is 0.0109 e. The molecule has 1 aromatic rings. The van der Waals surface area contributed by atoms with Gasteiger partial charge in [-0.2, -0.15) is 0 Å². The van der Waals surface area contributed by atoms with Crippen LogP contribution in [-0.4, -0.2) is 13.6 Å². The van der Waals surface area contributed by atoms with Crippen molar-refractivity contribution >= 4 is 0 Å². The van der Waals surface area contributed by atoms with Gasteiger partial charge in [0.05, 0.1) is 0 Å². The summed E-state index contributed by atoms with van der Waals surface area (Å²) in [4.78, 5) is 0. The van der Waals surface area contributed by atoms with E-state index in [4.69, 9.17) is 0 Å². The van der Waals surface area contributed by atoms with Crippen LogP contribution in [0, 0.1) is 12.8 Å². The third-order valence-corrected chi connectivity index (χ3v) is 3.84. The van der Waals surface area contributed by atoms with Gasteiger partial charge in [0.1, 0.15) is 0 Å². The molecule has 1 nitrogen and oxygen atoms in total. The van der Waals surface area contributed by atoms with Crippen molar-refractivity contribution < 1.29 is 0 Å². The van der Waals surface area contributed by atoms with Crippen LogP contribution >= 0.6 is 0 Å². The average Bonchev–Trinajstić information content (AvgIpc) is 2.94. The van der Waals surface area contributed by atoms with E-state index in [2.05, 4.69) is 50.5 Å². The van der Waals surface area contributed by atoms with E-state index in [1.54, 1.807) is 0 Å². The molecule has 0 amide bonds. The molecule has 15 heavy (non-hydrogen) atoms. The molecule has 2 unspecified atom stereocenters. The van der Waals surface area contributed by atoms with E-state index in [9.17, 15) is 0 Å². The predicted octanol–water partition coefficient (Wildman–Crippen LogP) is 2.88. The van der Waals surface area contributed by atoms with Crippen molar-refractivity contribution in [3.8, 4) is 0 Å². The molecule has 2 atom stereocenters. The fraction of sp³-hybridized carbons (Fsp3) is 0.571. The number of aryl methyl sites for hydroxylation is 1. The largest absolute Gasteiger partial charge is 0.319 e. The van der Waals surface area contributed by atoms with Crippen LogP contribution < -0.4 is 5.32 Å². The summed E-state index contributed by atoms with van der Waals surface area (Å²) in [6.07, 6.45) is 2.66. The number of benzene rings is 1. The molecule has 0 saturated heterocycles. The molecule has 1 aromatic carbocycles. The minimum Gasteiger partial charge on any atom is -0.319 e. The van der Waals surface area contributed by atoms with E-state index in [0.717, 1.165) is 12.5 Å². The van der Waals surface area contributed by atoms with Gasteiger partial charge in [0.15, 0.2) is 0 Å². The zero-order valence-corrected chi connectivity index (χ0v) is 10.0. The van der Waals surface area contributed by atoms with E-state index in [1.165, 1.54) is 24.0 Å². The third-order valence-electron chi connectivity index (χ3n) is 3.84. The molecule has 0 heterocycles. The molecule has 1 heteroatoms. The topological polar surface area (TPSA) is 12.0 Å². The van der Waals surface area contributed by atoms with Crippen LogP contribution in [0.25, 0.3) is 0 Å². The number of likely N-dealkylation sites (N-methyl/N-ethyl adjacent to an activating group) is 1. The Bertz CT molecular complexity index is 328. The van der Waals surface area contributed by atoms with Gasteiger partial charge in [0, 0.05) is 12.0 Å². The number of rotatable bonds is 4. The first-order valence-corrected chi connectivity index (χ1v) is 5.94. The van der Waals surface area contributed by atoms with Crippen LogP contribution in [0.2, 0.25) is 0 Å². The van der Waals surface area contributed by atoms with E-state index < -0.39 is 0 Å². The van der Waals surface area contributed by atoms with E-state index in [0.29, 0.717) is 5.41 Å². The number of hydrogen-bond donors (Lipinski definition) is 1. The molecule has 1 aliphatic carbocycles. The first-order valence-electron chi connectivity index (χ1n) is 5.94. The highest BCUT2D eigenvalue weighted by Gasteiger charge is 2.53. The van der Waals surface area contributed by atoms with Crippen LogP contribution in [-0.2, 0) is 5.41 Å². The summed E-state index contributed by atoms with van der Waals surface area (Å²) in [6, 6.07) is 9.08. The van der Waals surface area contributed by atoms with E-state index >= 15 is 0 Å². The summed E-state index contributed by atoms with van der Waals surface area (Å²) < 4.78 is 0. The van der Waals surface area contributed by atoms with Gasteiger partial charge in [-0.15, -0.1) is 0 Å². The average molecular weight is 203 g/mol.